The van der Waals surface area contributed by atoms with E-state index in [9.17, 15) is 27.5 Å². The van der Waals surface area contributed by atoms with Gasteiger partial charge >= 0.3 is 12.3 Å². The lowest BCUT2D eigenvalue weighted by Gasteiger charge is -2.29. The first kappa shape index (κ1) is 29.7. The van der Waals surface area contributed by atoms with Crippen molar-refractivity contribution in [2.45, 2.75) is 76.3 Å². The second-order valence-electron chi connectivity index (χ2n) is 11.2. The van der Waals surface area contributed by atoms with Crippen LogP contribution in [0.15, 0.2) is 36.9 Å². The Hall–Kier alpha value is -4.31. The number of carboxylic acid groups (broad SMARTS) is 1. The van der Waals surface area contributed by atoms with E-state index in [1.54, 1.807) is 27.8 Å². The van der Waals surface area contributed by atoms with Crippen LogP contribution in [0.3, 0.4) is 0 Å². The molecule has 44 heavy (non-hydrogen) atoms. The normalized spacial score (nSPS) is 21.9. The van der Waals surface area contributed by atoms with Crippen LogP contribution < -0.4 is 10.1 Å². The second kappa shape index (κ2) is 11.3. The molecule has 1 saturated heterocycles. The highest BCUT2D eigenvalue weighted by atomic mass is 19.4. The van der Waals surface area contributed by atoms with Crippen LogP contribution in [0.25, 0.3) is 22.2 Å². The maximum atomic E-state index is 14.5. The van der Waals surface area contributed by atoms with Crippen molar-refractivity contribution in [1.29, 1.82) is 0 Å². The Kier molecular flexibility index (Phi) is 7.65. The number of hydrogen-bond donors (Lipinski definition) is 2. The van der Waals surface area contributed by atoms with Gasteiger partial charge in [-0.3, -0.25) is 14.7 Å². The largest absolute Gasteiger partial charge is 0.472 e. The summed E-state index contributed by atoms with van der Waals surface area (Å²) in [5, 5.41) is 21.5. The maximum absolute atomic E-state index is 14.5. The third-order valence-electron chi connectivity index (χ3n) is 7.62. The fraction of sp³-hybridized carbons (Fsp3) is 0.464. The number of aromatic nitrogens is 6. The number of ether oxygens (including phenoxy) is 3. The van der Waals surface area contributed by atoms with Crippen LogP contribution in [-0.2, 0) is 22.2 Å². The van der Waals surface area contributed by atoms with Gasteiger partial charge in [-0.15, -0.1) is 0 Å². The number of anilines is 1. The van der Waals surface area contributed by atoms with Crippen LogP contribution in [-0.4, -0.2) is 65.3 Å². The molecular weight excluding hydrogens is 590 g/mol. The number of nitrogens with zero attached hydrogens (tertiary/aromatic N) is 6. The Morgan fingerprint density at radius 2 is 1.98 bits per heavy atom. The van der Waals surface area contributed by atoms with E-state index in [2.05, 4.69) is 20.4 Å². The Morgan fingerprint density at radius 1 is 1.20 bits per heavy atom. The molecule has 2 aliphatic rings. The quantitative estimate of drug-likeness (QED) is 0.251. The van der Waals surface area contributed by atoms with Gasteiger partial charge in [-0.05, 0) is 45.6 Å². The lowest BCUT2D eigenvalue weighted by atomic mass is 9.93. The minimum atomic E-state index is -4.86. The van der Waals surface area contributed by atoms with Crippen molar-refractivity contribution < 1.29 is 41.7 Å². The minimum absolute atomic E-state index is 0.123. The smallest absolute Gasteiger partial charge is 0.419 e. The van der Waals surface area contributed by atoms with Crippen molar-refractivity contribution in [2.24, 2.45) is 0 Å². The summed E-state index contributed by atoms with van der Waals surface area (Å²) in [5.74, 6) is -2.75. The van der Waals surface area contributed by atoms with Crippen LogP contribution in [0.2, 0.25) is 0 Å². The summed E-state index contributed by atoms with van der Waals surface area (Å²) in [6.45, 7) is 4.60. The fourth-order valence-corrected chi connectivity index (χ4v) is 5.64. The van der Waals surface area contributed by atoms with Gasteiger partial charge in [-0.2, -0.15) is 23.4 Å². The second-order valence-corrected chi connectivity index (χ2v) is 11.2. The van der Waals surface area contributed by atoms with Gasteiger partial charge in [0.05, 0.1) is 36.5 Å². The zero-order chi connectivity index (χ0) is 31.2. The summed E-state index contributed by atoms with van der Waals surface area (Å²) in [6.07, 6.45) is 0.925. The molecule has 2 N–H and O–H groups in total. The van der Waals surface area contributed by atoms with Crippen molar-refractivity contribution in [3.8, 4) is 17.1 Å². The number of fused-ring (bicyclic) bond motifs is 1. The van der Waals surface area contributed by atoms with E-state index in [-0.39, 0.29) is 18.0 Å². The number of hydrogen-bond acceptors (Lipinski definition) is 8. The van der Waals surface area contributed by atoms with E-state index in [0.717, 1.165) is 11.8 Å². The number of amides is 1. The molecule has 2 fully saturated rings. The van der Waals surface area contributed by atoms with E-state index in [4.69, 9.17) is 19.3 Å². The lowest BCUT2D eigenvalue weighted by molar-refractivity contribution is -0.140. The number of carbonyl (C=O) groups is 1. The average molecular weight is 620 g/mol. The number of halogens is 4. The average Bonchev–Trinajstić information content (AvgIpc) is 3.66. The third kappa shape index (κ3) is 6.17. The summed E-state index contributed by atoms with van der Waals surface area (Å²) in [7, 11) is 0. The maximum Gasteiger partial charge on any atom is 0.419 e. The van der Waals surface area contributed by atoms with E-state index in [0.29, 0.717) is 61.5 Å². The van der Waals surface area contributed by atoms with E-state index in [1.165, 1.54) is 0 Å². The summed E-state index contributed by atoms with van der Waals surface area (Å²) in [5.41, 5.74) is 0.520. The monoisotopic (exact) mass is 619 g/mol. The summed E-state index contributed by atoms with van der Waals surface area (Å²) < 4.78 is 74.5. The standard InChI is InChI=1S/C28H29F4N7O5/c1-27(2)42-14-18(44-27)13-38-12-15(10-35-38)24-19-11-34-22(36-26(40)41)9-21(19)39(37-24)16-3-5-17(6-4-16)43-25-23(29)20(7-8-33-25)28(30,31)32/h7-12,16-18H,3-6,13-14H2,1-2H3,(H,34,36)(H,40,41). The number of rotatable bonds is 7. The first-order valence-corrected chi connectivity index (χ1v) is 14.0. The Bertz CT molecular complexity index is 1680. The molecule has 4 aromatic heterocycles. The first-order valence-electron chi connectivity index (χ1n) is 14.0. The molecule has 234 valence electrons. The molecule has 6 rings (SSSR count). The highest BCUT2D eigenvalue weighted by molar-refractivity contribution is 5.95. The number of pyridine rings is 2. The van der Waals surface area contributed by atoms with Crippen molar-refractivity contribution in [2.75, 3.05) is 11.9 Å². The Morgan fingerprint density at radius 3 is 2.66 bits per heavy atom. The molecule has 16 heteroatoms. The molecule has 0 bridgehead atoms. The highest BCUT2D eigenvalue weighted by Crippen LogP contribution is 2.38. The van der Waals surface area contributed by atoms with Crippen molar-refractivity contribution in [1.82, 2.24) is 29.5 Å². The van der Waals surface area contributed by atoms with Gasteiger partial charge in [0.25, 0.3) is 5.88 Å². The van der Waals surface area contributed by atoms with Gasteiger partial charge in [0.15, 0.2) is 11.6 Å². The SMILES string of the molecule is CC1(C)OCC(Cn2cc(-c3nn(C4CCC(Oc5nccc(C(F)(F)F)c5F)CC4)c4cc(NC(=O)O)ncc34)cn2)O1. The number of alkyl halides is 3. The molecule has 5 heterocycles. The molecule has 0 spiro atoms. The van der Waals surface area contributed by atoms with E-state index >= 15 is 0 Å². The molecule has 1 aliphatic carbocycles. The highest BCUT2D eigenvalue weighted by Gasteiger charge is 2.37. The summed E-state index contributed by atoms with van der Waals surface area (Å²) >= 11 is 0. The van der Waals surface area contributed by atoms with Crippen molar-refractivity contribution >= 4 is 22.8 Å². The summed E-state index contributed by atoms with van der Waals surface area (Å²) in [4.78, 5) is 19.2. The van der Waals surface area contributed by atoms with Crippen LogP contribution in [0.4, 0.5) is 28.2 Å². The Labute approximate surface area is 247 Å². The topological polar surface area (TPSA) is 138 Å². The minimum Gasteiger partial charge on any atom is -0.472 e. The van der Waals surface area contributed by atoms with Gasteiger partial charge in [0.2, 0.25) is 0 Å². The molecule has 1 amide bonds. The fourth-order valence-electron chi connectivity index (χ4n) is 5.64. The molecule has 1 atom stereocenters. The molecule has 4 aromatic rings. The predicted molar refractivity (Wildman–Crippen MR) is 146 cm³/mol. The van der Waals surface area contributed by atoms with Crippen molar-refractivity contribution in [3.05, 3.63) is 48.3 Å². The number of nitrogens with one attached hydrogen (secondary N) is 1. The zero-order valence-electron chi connectivity index (χ0n) is 23.7. The van der Waals surface area contributed by atoms with Crippen LogP contribution in [0.5, 0.6) is 5.88 Å². The van der Waals surface area contributed by atoms with E-state index < -0.39 is 41.4 Å². The molecule has 1 saturated carbocycles. The van der Waals surface area contributed by atoms with Gasteiger partial charge in [0.1, 0.15) is 23.7 Å². The van der Waals surface area contributed by atoms with Gasteiger partial charge in [-0.1, -0.05) is 0 Å². The van der Waals surface area contributed by atoms with Crippen LogP contribution in [0.1, 0.15) is 51.1 Å². The van der Waals surface area contributed by atoms with Gasteiger partial charge < -0.3 is 19.3 Å². The molecular formula is C28H29F4N7O5. The van der Waals surface area contributed by atoms with Crippen molar-refractivity contribution in [3.63, 3.8) is 0 Å². The first-order chi connectivity index (χ1) is 20.9. The molecule has 1 unspecified atom stereocenters. The molecule has 1 aliphatic heterocycles. The summed E-state index contributed by atoms with van der Waals surface area (Å²) in [6, 6.07) is 2.01. The molecule has 0 radical (unpaired) electrons. The molecule has 12 nitrogen and oxygen atoms in total. The van der Waals surface area contributed by atoms with Gasteiger partial charge in [0, 0.05) is 35.6 Å². The molecule has 0 aromatic carbocycles. The third-order valence-corrected chi connectivity index (χ3v) is 7.62. The lowest BCUT2D eigenvalue weighted by Crippen LogP contribution is -2.27. The predicted octanol–water partition coefficient (Wildman–Crippen LogP) is 5.65. The van der Waals surface area contributed by atoms with E-state index in [1.807, 2.05) is 20.0 Å². The van der Waals surface area contributed by atoms with Gasteiger partial charge in [-0.25, -0.2) is 19.2 Å². The zero-order valence-corrected chi connectivity index (χ0v) is 23.7. The Balaban J connectivity index is 1.23. The van der Waals surface area contributed by atoms with Crippen LogP contribution in [0, 0.1) is 5.82 Å². The van der Waals surface area contributed by atoms with Crippen LogP contribution >= 0.6 is 0 Å².